The number of nitrogens with zero attached hydrogens (tertiary/aromatic N) is 2. The van der Waals surface area contributed by atoms with E-state index < -0.39 is 5.97 Å². The number of carbonyl (C=O) groups excluding carboxylic acids is 1. The summed E-state index contributed by atoms with van der Waals surface area (Å²) < 4.78 is 10.1. The molecule has 0 N–H and O–H groups in total. The zero-order valence-electron chi connectivity index (χ0n) is 9.53. The summed E-state index contributed by atoms with van der Waals surface area (Å²) in [5.41, 5.74) is 0.507. The monoisotopic (exact) mass is 286 g/mol. The van der Waals surface area contributed by atoms with Crippen molar-refractivity contribution < 1.29 is 14.3 Å². The number of benzene rings is 1. The molecule has 0 atom stereocenters. The third kappa shape index (κ3) is 2.47. The number of hydrogen-bond donors (Lipinski definition) is 0. The van der Waals surface area contributed by atoms with Crippen molar-refractivity contribution >= 4 is 40.1 Å². The molecule has 0 spiro atoms. The van der Waals surface area contributed by atoms with Crippen LogP contribution in [0.1, 0.15) is 6.92 Å². The standard InChI is InChI=1S/C11H8Cl2N2O3/c1-5(16)18-9-3-6-7(4-8(9)17-2)14-11(13)15-10(6)12/h3-4H,1-2H3. The Kier molecular flexibility index (Phi) is 3.54. The van der Waals surface area contributed by atoms with Crippen LogP contribution < -0.4 is 9.47 Å². The summed E-state index contributed by atoms with van der Waals surface area (Å²) in [6.07, 6.45) is 0. The second kappa shape index (κ2) is 4.96. The normalized spacial score (nSPS) is 10.4. The van der Waals surface area contributed by atoms with Gasteiger partial charge in [-0.05, 0) is 17.7 Å². The Hall–Kier alpha value is -1.59. The first-order chi connectivity index (χ1) is 8.51. The Morgan fingerprint density at radius 2 is 1.94 bits per heavy atom. The fourth-order valence-corrected chi connectivity index (χ4v) is 1.92. The van der Waals surface area contributed by atoms with Crippen LogP contribution in [0.5, 0.6) is 11.5 Å². The average molecular weight is 287 g/mol. The second-order valence-electron chi connectivity index (χ2n) is 3.40. The molecule has 1 aromatic carbocycles. The third-order valence-corrected chi connectivity index (χ3v) is 2.62. The van der Waals surface area contributed by atoms with E-state index in [0.29, 0.717) is 16.7 Å². The van der Waals surface area contributed by atoms with Crippen molar-refractivity contribution in [1.29, 1.82) is 0 Å². The lowest BCUT2D eigenvalue weighted by atomic mass is 10.2. The largest absolute Gasteiger partial charge is 0.493 e. The molecule has 94 valence electrons. The Morgan fingerprint density at radius 3 is 2.56 bits per heavy atom. The van der Waals surface area contributed by atoms with Crippen molar-refractivity contribution in [3.8, 4) is 11.5 Å². The minimum absolute atomic E-state index is 0.0368. The summed E-state index contributed by atoms with van der Waals surface area (Å²) in [5, 5.41) is 0.744. The van der Waals surface area contributed by atoms with Gasteiger partial charge in [-0.2, -0.15) is 0 Å². The lowest BCUT2D eigenvalue weighted by Crippen LogP contribution is -2.03. The molecule has 2 aromatic rings. The van der Waals surface area contributed by atoms with Crippen molar-refractivity contribution in [3.63, 3.8) is 0 Å². The first-order valence-corrected chi connectivity index (χ1v) is 5.66. The molecule has 2 rings (SSSR count). The Bertz CT molecular complexity index is 631. The number of aromatic nitrogens is 2. The third-order valence-electron chi connectivity index (χ3n) is 2.16. The molecule has 0 radical (unpaired) electrons. The van der Waals surface area contributed by atoms with Crippen LogP contribution in [0, 0.1) is 0 Å². The molecule has 0 aliphatic heterocycles. The van der Waals surface area contributed by atoms with Crippen LogP contribution in [0.25, 0.3) is 10.9 Å². The van der Waals surface area contributed by atoms with Gasteiger partial charge in [-0.15, -0.1) is 0 Å². The van der Waals surface area contributed by atoms with Crippen LogP contribution in [-0.4, -0.2) is 23.0 Å². The Labute approximate surface area is 113 Å². The summed E-state index contributed by atoms with van der Waals surface area (Å²) in [4.78, 5) is 18.8. The van der Waals surface area contributed by atoms with E-state index in [4.69, 9.17) is 32.7 Å². The average Bonchev–Trinajstić information content (AvgIpc) is 2.28. The molecular weight excluding hydrogens is 279 g/mol. The molecule has 7 heteroatoms. The summed E-state index contributed by atoms with van der Waals surface area (Å²) in [6.45, 7) is 1.30. The number of halogens is 2. The van der Waals surface area contributed by atoms with E-state index in [1.165, 1.54) is 20.1 Å². The van der Waals surface area contributed by atoms with Crippen molar-refractivity contribution in [1.82, 2.24) is 9.97 Å². The number of ether oxygens (including phenoxy) is 2. The van der Waals surface area contributed by atoms with E-state index in [2.05, 4.69) is 9.97 Å². The predicted octanol–water partition coefficient (Wildman–Crippen LogP) is 2.87. The number of hydrogen-bond acceptors (Lipinski definition) is 5. The molecule has 18 heavy (non-hydrogen) atoms. The van der Waals surface area contributed by atoms with Crippen molar-refractivity contribution in [2.24, 2.45) is 0 Å². The molecular formula is C11H8Cl2N2O3. The molecule has 5 nitrogen and oxygen atoms in total. The van der Waals surface area contributed by atoms with Crippen molar-refractivity contribution in [2.45, 2.75) is 6.92 Å². The van der Waals surface area contributed by atoms with E-state index >= 15 is 0 Å². The van der Waals surface area contributed by atoms with Crippen LogP contribution >= 0.6 is 23.2 Å². The molecule has 1 aromatic heterocycles. The van der Waals surface area contributed by atoms with E-state index in [-0.39, 0.29) is 16.2 Å². The zero-order chi connectivity index (χ0) is 13.3. The number of fused-ring (bicyclic) bond motifs is 1. The van der Waals surface area contributed by atoms with Gasteiger partial charge in [0.25, 0.3) is 0 Å². The highest BCUT2D eigenvalue weighted by Crippen LogP contribution is 2.34. The molecule has 0 saturated carbocycles. The fraction of sp³-hybridized carbons (Fsp3) is 0.182. The maximum Gasteiger partial charge on any atom is 0.308 e. The molecule has 0 amide bonds. The molecule has 0 aliphatic rings. The highest BCUT2D eigenvalue weighted by molar-refractivity contribution is 6.35. The maximum atomic E-state index is 11.0. The van der Waals surface area contributed by atoms with Gasteiger partial charge in [-0.3, -0.25) is 4.79 Å². The summed E-state index contributed by atoms with van der Waals surface area (Å²) in [5.74, 6) is 0.160. The fourth-order valence-electron chi connectivity index (χ4n) is 1.47. The Balaban J connectivity index is 2.68. The van der Waals surface area contributed by atoms with Crippen molar-refractivity contribution in [2.75, 3.05) is 7.11 Å². The van der Waals surface area contributed by atoms with Gasteiger partial charge in [0, 0.05) is 18.4 Å². The van der Waals surface area contributed by atoms with E-state index in [1.54, 1.807) is 6.07 Å². The van der Waals surface area contributed by atoms with Gasteiger partial charge >= 0.3 is 5.97 Å². The van der Waals surface area contributed by atoms with Gasteiger partial charge in [-0.1, -0.05) is 11.6 Å². The van der Waals surface area contributed by atoms with Gasteiger partial charge in [0.05, 0.1) is 12.6 Å². The Morgan fingerprint density at radius 1 is 1.22 bits per heavy atom. The van der Waals surface area contributed by atoms with Crippen LogP contribution in [-0.2, 0) is 4.79 Å². The molecule has 1 heterocycles. The first kappa shape index (κ1) is 12.9. The number of rotatable bonds is 2. The number of carbonyl (C=O) groups is 1. The summed E-state index contributed by atoms with van der Waals surface area (Å²) >= 11 is 11.7. The van der Waals surface area contributed by atoms with Crippen molar-refractivity contribution in [3.05, 3.63) is 22.6 Å². The quantitative estimate of drug-likeness (QED) is 0.368. The van der Waals surface area contributed by atoms with E-state index in [9.17, 15) is 4.79 Å². The lowest BCUT2D eigenvalue weighted by molar-refractivity contribution is -0.131. The van der Waals surface area contributed by atoms with Gasteiger partial charge in [0.2, 0.25) is 5.28 Å². The van der Waals surface area contributed by atoms with Gasteiger partial charge in [-0.25, -0.2) is 9.97 Å². The van der Waals surface area contributed by atoms with Gasteiger partial charge < -0.3 is 9.47 Å². The first-order valence-electron chi connectivity index (χ1n) is 4.90. The molecule has 0 bridgehead atoms. The highest BCUT2D eigenvalue weighted by Gasteiger charge is 2.13. The molecule has 0 fully saturated rings. The number of methoxy groups -OCH3 is 1. The van der Waals surface area contributed by atoms with Crippen LogP contribution in [0.2, 0.25) is 10.4 Å². The van der Waals surface area contributed by atoms with E-state index in [1.807, 2.05) is 0 Å². The minimum Gasteiger partial charge on any atom is -0.493 e. The molecule has 0 saturated heterocycles. The maximum absolute atomic E-state index is 11.0. The van der Waals surface area contributed by atoms with E-state index in [0.717, 1.165) is 0 Å². The smallest absolute Gasteiger partial charge is 0.308 e. The van der Waals surface area contributed by atoms with Crippen LogP contribution in [0.15, 0.2) is 12.1 Å². The summed E-state index contributed by atoms with van der Waals surface area (Å²) in [7, 11) is 1.46. The molecule has 0 unspecified atom stereocenters. The van der Waals surface area contributed by atoms with Gasteiger partial charge in [0.1, 0.15) is 5.15 Å². The lowest BCUT2D eigenvalue weighted by Gasteiger charge is -2.09. The van der Waals surface area contributed by atoms with Crippen LogP contribution in [0.3, 0.4) is 0 Å². The minimum atomic E-state index is -0.460. The highest BCUT2D eigenvalue weighted by atomic mass is 35.5. The summed E-state index contributed by atoms with van der Waals surface area (Å²) in [6, 6.07) is 3.11. The molecule has 0 aliphatic carbocycles. The zero-order valence-corrected chi connectivity index (χ0v) is 11.0. The second-order valence-corrected chi connectivity index (χ2v) is 4.09. The van der Waals surface area contributed by atoms with Crippen LogP contribution in [0.4, 0.5) is 0 Å². The van der Waals surface area contributed by atoms with Gasteiger partial charge in [0.15, 0.2) is 11.5 Å². The topological polar surface area (TPSA) is 61.3 Å². The SMILES string of the molecule is COc1cc2nc(Cl)nc(Cl)c2cc1OC(C)=O. The number of esters is 1. The predicted molar refractivity (Wildman–Crippen MR) is 67.4 cm³/mol.